The van der Waals surface area contributed by atoms with Crippen molar-refractivity contribution >= 4 is 5.91 Å². The van der Waals surface area contributed by atoms with Crippen LogP contribution in [0.3, 0.4) is 0 Å². The number of ether oxygens (including phenoxy) is 1. The fourth-order valence-electron chi connectivity index (χ4n) is 1.00. The smallest absolute Gasteiger partial charge is 0.222 e. The van der Waals surface area contributed by atoms with Crippen molar-refractivity contribution in [3.63, 3.8) is 0 Å². The number of nitrogens with one attached hydrogen (secondary N) is 1. The summed E-state index contributed by atoms with van der Waals surface area (Å²) in [6, 6.07) is 0. The summed E-state index contributed by atoms with van der Waals surface area (Å²) in [4.78, 5) is 10.8. The summed E-state index contributed by atoms with van der Waals surface area (Å²) in [5, 5.41) is 6.69. The van der Waals surface area contributed by atoms with Gasteiger partial charge in [0.25, 0.3) is 0 Å². The molecule has 1 rings (SSSR count). The zero-order valence-electron chi connectivity index (χ0n) is 6.67. The van der Waals surface area contributed by atoms with E-state index in [1.165, 1.54) is 0 Å². The summed E-state index contributed by atoms with van der Waals surface area (Å²) < 4.78 is 5.30. The van der Waals surface area contributed by atoms with Crippen LogP contribution in [0.5, 0.6) is 0 Å². The third kappa shape index (κ3) is 2.86. The number of carbonyl (C=O) groups is 1. The topological polar surface area (TPSA) is 52.4 Å². The highest BCUT2D eigenvalue weighted by atomic mass is 16.5. The van der Waals surface area contributed by atoms with Crippen molar-refractivity contribution in [3.05, 3.63) is 0 Å². The lowest BCUT2D eigenvalue weighted by atomic mass is 10.2. The second kappa shape index (κ2) is 4.31. The quantitative estimate of drug-likeness (QED) is 0.566. The highest BCUT2D eigenvalue weighted by molar-refractivity contribution is 5.76. The van der Waals surface area contributed by atoms with Crippen LogP contribution in [0.25, 0.3) is 0 Å². The number of morpholine rings is 1. The lowest BCUT2D eigenvalue weighted by Crippen LogP contribution is -2.37. The first-order chi connectivity index (χ1) is 5.33. The molecule has 1 N–H and O–H groups in total. The molecule has 4 nitrogen and oxygen atoms in total. The standard InChI is InChI=1S/C7H13N2O2/c1-8-7(10)4-6-5-9-2-3-11-6/h6H,2-5H2,1H3,(H,8,10). The van der Waals surface area contributed by atoms with Crippen molar-refractivity contribution in [1.29, 1.82) is 0 Å². The lowest BCUT2D eigenvalue weighted by molar-refractivity contribution is -0.124. The molecule has 1 atom stereocenters. The van der Waals surface area contributed by atoms with Crippen LogP contribution in [-0.4, -0.2) is 38.8 Å². The zero-order chi connectivity index (χ0) is 8.10. The van der Waals surface area contributed by atoms with Crippen LogP contribution < -0.4 is 10.6 Å². The third-order valence-electron chi connectivity index (χ3n) is 1.63. The molecule has 1 aliphatic rings. The summed E-state index contributed by atoms with van der Waals surface area (Å²) in [7, 11) is 1.63. The Labute approximate surface area is 66.3 Å². The van der Waals surface area contributed by atoms with Gasteiger partial charge in [-0.25, -0.2) is 5.32 Å². The molecular weight excluding hydrogens is 144 g/mol. The first kappa shape index (κ1) is 8.49. The molecule has 1 amide bonds. The molecule has 1 fully saturated rings. The van der Waals surface area contributed by atoms with Gasteiger partial charge in [0, 0.05) is 20.1 Å². The van der Waals surface area contributed by atoms with Gasteiger partial charge in [-0.05, 0) is 0 Å². The van der Waals surface area contributed by atoms with Crippen LogP contribution in [0.2, 0.25) is 0 Å². The van der Waals surface area contributed by atoms with E-state index in [0.717, 1.165) is 6.54 Å². The number of hydrogen-bond acceptors (Lipinski definition) is 2. The molecular formula is C7H13N2O2. The molecule has 1 saturated heterocycles. The summed E-state index contributed by atoms with van der Waals surface area (Å²) >= 11 is 0. The van der Waals surface area contributed by atoms with Crippen molar-refractivity contribution < 1.29 is 9.53 Å². The van der Waals surface area contributed by atoms with Gasteiger partial charge in [0.1, 0.15) is 0 Å². The van der Waals surface area contributed by atoms with Gasteiger partial charge in [-0.2, -0.15) is 0 Å². The molecule has 1 unspecified atom stereocenters. The van der Waals surface area contributed by atoms with Gasteiger partial charge in [0.2, 0.25) is 5.91 Å². The van der Waals surface area contributed by atoms with Crippen LogP contribution in [0, 0.1) is 0 Å². The maximum atomic E-state index is 10.8. The van der Waals surface area contributed by atoms with Crippen LogP contribution >= 0.6 is 0 Å². The average Bonchev–Trinajstić information content (AvgIpc) is 2.06. The van der Waals surface area contributed by atoms with Crippen molar-refractivity contribution in [2.45, 2.75) is 12.5 Å². The highest BCUT2D eigenvalue weighted by Gasteiger charge is 2.16. The number of hydrogen-bond donors (Lipinski definition) is 1. The van der Waals surface area contributed by atoms with E-state index < -0.39 is 0 Å². The third-order valence-corrected chi connectivity index (χ3v) is 1.63. The molecule has 4 heteroatoms. The first-order valence-electron chi connectivity index (χ1n) is 3.78. The number of rotatable bonds is 2. The molecule has 0 aliphatic carbocycles. The molecule has 1 radical (unpaired) electrons. The van der Waals surface area contributed by atoms with Gasteiger partial charge >= 0.3 is 0 Å². The van der Waals surface area contributed by atoms with Crippen LogP contribution in [0.15, 0.2) is 0 Å². The molecule has 11 heavy (non-hydrogen) atoms. The number of carbonyl (C=O) groups excluding carboxylic acids is 1. The van der Waals surface area contributed by atoms with Gasteiger partial charge < -0.3 is 10.1 Å². The Morgan fingerprint density at radius 1 is 1.82 bits per heavy atom. The molecule has 0 spiro atoms. The van der Waals surface area contributed by atoms with Crippen molar-refractivity contribution in [3.8, 4) is 0 Å². The van der Waals surface area contributed by atoms with Gasteiger partial charge in [-0.1, -0.05) is 0 Å². The largest absolute Gasteiger partial charge is 0.375 e. The Hall–Kier alpha value is -0.610. The van der Waals surface area contributed by atoms with E-state index in [1.54, 1.807) is 7.05 Å². The SMILES string of the molecule is CNC(=O)CC1C[N]CCO1. The Morgan fingerprint density at radius 2 is 2.64 bits per heavy atom. The second-order valence-electron chi connectivity index (χ2n) is 2.50. The average molecular weight is 157 g/mol. The number of amides is 1. The molecule has 0 aromatic rings. The predicted molar refractivity (Wildman–Crippen MR) is 40.3 cm³/mol. The molecule has 1 heterocycles. The fourth-order valence-corrected chi connectivity index (χ4v) is 1.00. The Morgan fingerprint density at radius 3 is 3.18 bits per heavy atom. The van der Waals surface area contributed by atoms with Gasteiger partial charge in [-0.3, -0.25) is 4.79 Å². The minimum absolute atomic E-state index is 0.00343. The molecule has 0 aromatic carbocycles. The van der Waals surface area contributed by atoms with E-state index in [0.29, 0.717) is 19.6 Å². The summed E-state index contributed by atoms with van der Waals surface area (Å²) in [5.41, 5.74) is 0. The van der Waals surface area contributed by atoms with E-state index >= 15 is 0 Å². The van der Waals surface area contributed by atoms with Gasteiger partial charge in [-0.15, -0.1) is 0 Å². The Bertz CT molecular complexity index is 132. The normalized spacial score (nSPS) is 24.6. The summed E-state index contributed by atoms with van der Waals surface area (Å²) in [6.45, 7) is 2.08. The molecule has 0 saturated carbocycles. The fraction of sp³-hybridized carbons (Fsp3) is 0.857. The van der Waals surface area contributed by atoms with E-state index in [1.807, 2.05) is 0 Å². The second-order valence-corrected chi connectivity index (χ2v) is 2.50. The van der Waals surface area contributed by atoms with E-state index in [-0.39, 0.29) is 12.0 Å². The maximum absolute atomic E-state index is 10.8. The predicted octanol–water partition coefficient (Wildman–Crippen LogP) is -0.874. The Balaban J connectivity index is 2.19. The van der Waals surface area contributed by atoms with Crippen molar-refractivity contribution in [2.24, 2.45) is 0 Å². The number of nitrogens with zero attached hydrogens (tertiary/aromatic N) is 1. The highest BCUT2D eigenvalue weighted by Crippen LogP contribution is 2.01. The van der Waals surface area contributed by atoms with Crippen molar-refractivity contribution in [2.75, 3.05) is 26.7 Å². The van der Waals surface area contributed by atoms with Crippen LogP contribution in [0.1, 0.15) is 6.42 Å². The van der Waals surface area contributed by atoms with E-state index in [9.17, 15) is 4.79 Å². The van der Waals surface area contributed by atoms with E-state index in [2.05, 4.69) is 10.6 Å². The zero-order valence-corrected chi connectivity index (χ0v) is 6.67. The molecule has 1 aliphatic heterocycles. The summed E-state index contributed by atoms with van der Waals surface area (Å²) in [5.74, 6) is 0.0205. The molecule has 63 valence electrons. The van der Waals surface area contributed by atoms with E-state index in [4.69, 9.17) is 4.74 Å². The maximum Gasteiger partial charge on any atom is 0.222 e. The first-order valence-corrected chi connectivity index (χ1v) is 3.78. The van der Waals surface area contributed by atoms with Crippen LogP contribution in [0.4, 0.5) is 0 Å². The summed E-state index contributed by atoms with van der Waals surface area (Å²) in [6.07, 6.45) is 0.434. The minimum Gasteiger partial charge on any atom is -0.375 e. The Kier molecular flexibility index (Phi) is 3.32. The molecule has 0 bridgehead atoms. The van der Waals surface area contributed by atoms with Crippen molar-refractivity contribution in [1.82, 2.24) is 10.6 Å². The van der Waals surface area contributed by atoms with Gasteiger partial charge in [0.05, 0.1) is 19.1 Å². The molecule has 0 aromatic heterocycles. The monoisotopic (exact) mass is 157 g/mol. The lowest BCUT2D eigenvalue weighted by Gasteiger charge is -2.21. The minimum atomic E-state index is 0.00343. The van der Waals surface area contributed by atoms with Gasteiger partial charge in [0.15, 0.2) is 0 Å². The van der Waals surface area contributed by atoms with Crippen LogP contribution in [-0.2, 0) is 9.53 Å².